The molecule has 25 heteroatoms. The fourth-order valence-electron chi connectivity index (χ4n) is 5.90. The van der Waals surface area contributed by atoms with Gasteiger partial charge in [0.2, 0.25) is 55.5 Å². The molecule has 0 spiro atoms. The number of aldehydes is 1. The maximum absolute atomic E-state index is 13.3. The van der Waals surface area contributed by atoms with E-state index in [0.29, 0.717) is 6.29 Å². The second-order valence-corrected chi connectivity index (χ2v) is 18.9. The molecule has 0 aromatic heterocycles. The van der Waals surface area contributed by atoms with Gasteiger partial charge in [-0.1, -0.05) is 13.8 Å². The van der Waals surface area contributed by atoms with Crippen LogP contribution in [-0.4, -0.2) is 150 Å². The van der Waals surface area contributed by atoms with Gasteiger partial charge in [-0.15, -0.1) is 0 Å². The molecule has 0 bridgehead atoms. The summed E-state index contributed by atoms with van der Waals surface area (Å²) >= 11 is 0. The lowest BCUT2D eigenvalue weighted by Gasteiger charge is -2.34. The van der Waals surface area contributed by atoms with Crippen LogP contribution in [0.5, 0.6) is 0 Å². The third-order valence-electron chi connectivity index (χ3n) is 9.48. The van der Waals surface area contributed by atoms with Crippen LogP contribution < -0.4 is 36.4 Å². The average Bonchev–Trinajstić information content (AvgIpc) is 3.17. The summed E-state index contributed by atoms with van der Waals surface area (Å²) in [4.78, 5) is 104. The Morgan fingerprint density at radius 1 is 0.857 bits per heavy atom. The van der Waals surface area contributed by atoms with Crippen molar-refractivity contribution in [2.45, 2.75) is 62.0 Å². The Morgan fingerprint density at radius 3 is 1.92 bits per heavy atom. The van der Waals surface area contributed by atoms with Crippen LogP contribution in [0.25, 0.3) is 0 Å². The Labute approximate surface area is 364 Å². The van der Waals surface area contributed by atoms with Crippen molar-refractivity contribution >= 4 is 79.1 Å². The largest absolute Gasteiger partial charge is 0.481 e. The van der Waals surface area contributed by atoms with Gasteiger partial charge in [0, 0.05) is 37.3 Å². The Kier molecular flexibility index (Phi) is 18.1. The molecule has 0 unspecified atom stereocenters. The molecule has 2 aromatic carbocycles. The maximum Gasteiger partial charge on any atom is 0.305 e. The van der Waals surface area contributed by atoms with Crippen molar-refractivity contribution in [2.75, 3.05) is 69.2 Å². The molecule has 0 radical (unpaired) electrons. The van der Waals surface area contributed by atoms with E-state index >= 15 is 0 Å². The number of anilines is 2. The minimum absolute atomic E-state index is 0.000331. The molecule has 1 fully saturated rings. The number of imide groups is 1. The van der Waals surface area contributed by atoms with E-state index in [0.717, 1.165) is 4.90 Å². The van der Waals surface area contributed by atoms with Crippen LogP contribution in [0, 0.1) is 5.41 Å². The topological polar surface area (TPSA) is 344 Å². The van der Waals surface area contributed by atoms with Crippen molar-refractivity contribution in [2.24, 2.45) is 15.7 Å². The number of nitrogens with two attached hydrogens (primary N) is 2. The first-order chi connectivity index (χ1) is 29.2. The summed E-state index contributed by atoms with van der Waals surface area (Å²) in [6.07, 6.45) is -0.186. The molecule has 1 saturated heterocycles. The minimum Gasteiger partial charge on any atom is -0.481 e. The molecule has 0 aliphatic carbocycles. The normalized spacial score (nSPS) is 14.5. The number of nitrogens with one attached hydrogen (secondary N) is 4. The Morgan fingerprint density at radius 2 is 1.40 bits per heavy atom. The van der Waals surface area contributed by atoms with Crippen LogP contribution in [-0.2, 0) is 63.1 Å². The number of nitrogens with zero attached hydrogens (tertiary/aromatic N) is 3. The number of ether oxygens (including phenoxy) is 1. The predicted octanol–water partition coefficient (Wildman–Crippen LogP) is -2.30. The third-order valence-corrected chi connectivity index (χ3v) is 11.3. The molecular weight excluding hydrogens is 871 g/mol. The smallest absolute Gasteiger partial charge is 0.305 e. The number of sulfonamides is 2. The van der Waals surface area contributed by atoms with Crippen molar-refractivity contribution < 1.29 is 65.0 Å². The summed E-state index contributed by atoms with van der Waals surface area (Å²) in [6.45, 7) is 5.01. The monoisotopic (exact) mass is 923 g/mol. The number of carboxylic acids is 1. The number of hydrogen-bond donors (Lipinski definition) is 7. The first kappa shape index (κ1) is 51.6. The number of carboxylic acid groups (broad SMARTS) is 1. The highest BCUT2D eigenvalue weighted by atomic mass is 32.2. The summed E-state index contributed by atoms with van der Waals surface area (Å²) < 4.78 is 52.5. The van der Waals surface area contributed by atoms with Crippen molar-refractivity contribution in [1.82, 2.24) is 25.8 Å². The fourth-order valence-corrected chi connectivity index (χ4v) is 6.93. The molecule has 1 aliphatic rings. The molecule has 3 rings (SSSR count). The standard InChI is InChI=1S/C38H53N9O14S2/c1-37(2,36(56)44-29(19-34(53)54)35(55)41-14-17-48)13-18-61-38(3,4)24-42-30(49)20-45(21-31(50)43-25-5-9-27(10-6-25)62(39,57)58)15-16-46-22-32(51)47(33(52)23-46)26-7-11-28(12-8-26)63(40,59)60/h5-12,17,29H,13-16,18-24H2,1-4H3,(H,41,55)(H,42,49)(H,43,50)(H,44,56)(H,53,54)(H2,39,57,58)(H2,40,59,60)/t29-/m0/s1. The molecule has 1 aliphatic heterocycles. The van der Waals surface area contributed by atoms with Crippen molar-refractivity contribution in [3.8, 4) is 0 Å². The van der Waals surface area contributed by atoms with Gasteiger partial charge in [0.05, 0.1) is 60.2 Å². The number of aliphatic carboxylic acids is 1. The van der Waals surface area contributed by atoms with Crippen molar-refractivity contribution in [3.05, 3.63) is 48.5 Å². The van der Waals surface area contributed by atoms with E-state index in [1.54, 1.807) is 27.7 Å². The molecule has 346 valence electrons. The average molecular weight is 924 g/mol. The van der Waals surface area contributed by atoms with Gasteiger partial charge in [-0.25, -0.2) is 32.0 Å². The van der Waals surface area contributed by atoms with E-state index in [9.17, 15) is 60.3 Å². The summed E-state index contributed by atoms with van der Waals surface area (Å²) in [5.74, 6) is -5.14. The second kappa shape index (κ2) is 22.1. The summed E-state index contributed by atoms with van der Waals surface area (Å²) in [5.41, 5.74) is -1.76. The van der Waals surface area contributed by atoms with Crippen LogP contribution in [0.2, 0.25) is 0 Å². The van der Waals surface area contributed by atoms with Crippen LogP contribution in [0.15, 0.2) is 58.3 Å². The van der Waals surface area contributed by atoms with E-state index in [2.05, 4.69) is 21.3 Å². The van der Waals surface area contributed by atoms with Gasteiger partial charge in [0.15, 0.2) is 0 Å². The number of piperazine rings is 1. The third kappa shape index (κ3) is 16.8. The summed E-state index contributed by atoms with van der Waals surface area (Å²) in [6, 6.07) is 8.54. The Balaban J connectivity index is 1.63. The van der Waals surface area contributed by atoms with Gasteiger partial charge in [0.25, 0.3) is 0 Å². The van der Waals surface area contributed by atoms with Crippen LogP contribution in [0.1, 0.15) is 40.5 Å². The van der Waals surface area contributed by atoms with Gasteiger partial charge in [-0.05, 0) is 68.8 Å². The van der Waals surface area contributed by atoms with E-state index in [-0.39, 0.29) is 86.6 Å². The highest BCUT2D eigenvalue weighted by Gasteiger charge is 2.34. The zero-order valence-corrected chi connectivity index (χ0v) is 36.8. The van der Waals surface area contributed by atoms with Crippen LogP contribution in [0.4, 0.5) is 11.4 Å². The molecule has 9 N–H and O–H groups in total. The van der Waals surface area contributed by atoms with Crippen molar-refractivity contribution in [1.29, 1.82) is 0 Å². The molecule has 0 saturated carbocycles. The SMILES string of the molecule is CC(C)(CNC(=O)CN(CCN1CC(=O)N(c2ccc(S(N)(=O)=O)cc2)C(=O)C1)CC(=O)Nc1ccc(S(N)(=O)=O)cc1)OCCC(C)(C)C(=O)N[C@@H](CC(=O)O)C(=O)NCC=O. The zero-order chi connectivity index (χ0) is 47.3. The molecule has 6 amide bonds. The number of hydrogen-bond acceptors (Lipinski definition) is 15. The Bertz CT molecular complexity index is 2240. The van der Waals surface area contributed by atoms with Crippen LogP contribution >= 0.6 is 0 Å². The molecule has 63 heavy (non-hydrogen) atoms. The molecule has 1 heterocycles. The maximum atomic E-state index is 13.3. The first-order valence-corrected chi connectivity index (χ1v) is 22.3. The number of primary sulfonamides is 2. The number of benzene rings is 2. The molecule has 2 aromatic rings. The Hall–Kier alpha value is -5.70. The minimum atomic E-state index is -4.01. The summed E-state index contributed by atoms with van der Waals surface area (Å²) in [5, 5.41) is 29.5. The number of carbonyl (C=O) groups is 8. The molecular formula is C38H53N9O14S2. The zero-order valence-electron chi connectivity index (χ0n) is 35.1. The molecule has 23 nitrogen and oxygen atoms in total. The lowest BCUT2D eigenvalue weighted by molar-refractivity contribution is -0.142. The van der Waals surface area contributed by atoms with Gasteiger partial charge >= 0.3 is 5.97 Å². The summed E-state index contributed by atoms with van der Waals surface area (Å²) in [7, 11) is -8.00. The van der Waals surface area contributed by atoms with Gasteiger partial charge in [0.1, 0.15) is 12.3 Å². The predicted molar refractivity (Wildman–Crippen MR) is 224 cm³/mol. The number of rotatable bonds is 24. The van der Waals surface area contributed by atoms with Gasteiger partial charge < -0.3 is 35.9 Å². The quantitative estimate of drug-likeness (QED) is 0.0430. The van der Waals surface area contributed by atoms with E-state index in [1.807, 2.05) is 0 Å². The number of amides is 6. The van der Waals surface area contributed by atoms with E-state index in [1.165, 1.54) is 58.3 Å². The lowest BCUT2D eigenvalue weighted by Crippen LogP contribution is -2.56. The van der Waals surface area contributed by atoms with Crippen molar-refractivity contribution in [3.63, 3.8) is 0 Å². The lowest BCUT2D eigenvalue weighted by atomic mass is 9.88. The second-order valence-electron chi connectivity index (χ2n) is 15.8. The van der Waals surface area contributed by atoms with E-state index in [4.69, 9.17) is 15.0 Å². The highest BCUT2D eigenvalue weighted by Crippen LogP contribution is 2.23. The van der Waals surface area contributed by atoms with Gasteiger partial charge in [-0.2, -0.15) is 0 Å². The molecule has 1 atom stereocenters. The fraction of sp³-hybridized carbons (Fsp3) is 0.474. The first-order valence-electron chi connectivity index (χ1n) is 19.2. The van der Waals surface area contributed by atoms with E-state index < -0.39 is 84.9 Å². The number of carbonyl (C=O) groups excluding carboxylic acids is 7. The van der Waals surface area contributed by atoms with Gasteiger partial charge in [-0.3, -0.25) is 43.4 Å². The van der Waals surface area contributed by atoms with Crippen LogP contribution in [0.3, 0.4) is 0 Å². The highest BCUT2D eigenvalue weighted by molar-refractivity contribution is 7.89.